The van der Waals surface area contributed by atoms with Crippen LogP contribution in [-0.4, -0.2) is 28.2 Å². The summed E-state index contributed by atoms with van der Waals surface area (Å²) < 4.78 is 5.76. The second-order valence-corrected chi connectivity index (χ2v) is 7.60. The number of Topliss-reactive ketones (excluding diaryl/α,β-unsaturated/α-hetero) is 1. The lowest BCUT2D eigenvalue weighted by atomic mass is 10.00. The molecule has 0 radical (unpaired) electrons. The number of thiophene rings is 1. The summed E-state index contributed by atoms with van der Waals surface area (Å²) in [5, 5.41) is 12.4. The lowest BCUT2D eigenvalue weighted by molar-refractivity contribution is -0.129. The molecule has 1 aliphatic rings. The molecule has 0 fully saturated rings. The van der Waals surface area contributed by atoms with Crippen LogP contribution in [0.2, 0.25) is 0 Å². The molecule has 0 spiro atoms. The average Bonchev–Trinajstić information content (AvgIpc) is 3.43. The summed E-state index contributed by atoms with van der Waals surface area (Å²) >= 11 is 1.28. The van der Waals surface area contributed by atoms with Gasteiger partial charge in [-0.05, 0) is 42.5 Å². The third-order valence-electron chi connectivity index (χ3n) is 4.81. The largest absolute Gasteiger partial charge is 0.503 e. The number of carbonyl (C=O) groups excluding carboxylic acids is 2. The van der Waals surface area contributed by atoms with Crippen LogP contribution in [0, 0.1) is 6.92 Å². The van der Waals surface area contributed by atoms with Gasteiger partial charge in [0.05, 0.1) is 10.5 Å². The molecule has 1 atom stereocenters. The summed E-state index contributed by atoms with van der Waals surface area (Å²) in [7, 11) is 0. The molecule has 1 unspecified atom stereocenters. The molecule has 6 heteroatoms. The van der Waals surface area contributed by atoms with Gasteiger partial charge in [0.25, 0.3) is 5.91 Å². The van der Waals surface area contributed by atoms with E-state index in [1.807, 2.05) is 30.3 Å². The van der Waals surface area contributed by atoms with Crippen molar-refractivity contribution < 1.29 is 19.1 Å². The van der Waals surface area contributed by atoms with Gasteiger partial charge in [0.1, 0.15) is 17.6 Å². The van der Waals surface area contributed by atoms with Crippen LogP contribution in [0.1, 0.15) is 32.8 Å². The molecule has 1 aliphatic heterocycles. The number of amides is 1. The zero-order chi connectivity index (χ0) is 19.7. The first-order chi connectivity index (χ1) is 13.6. The highest BCUT2D eigenvalue weighted by molar-refractivity contribution is 7.12. The van der Waals surface area contributed by atoms with E-state index in [9.17, 15) is 14.7 Å². The summed E-state index contributed by atoms with van der Waals surface area (Å²) in [5.41, 5.74) is 1.15. The van der Waals surface area contributed by atoms with E-state index < -0.39 is 17.7 Å². The highest BCUT2D eigenvalue weighted by atomic mass is 32.1. The van der Waals surface area contributed by atoms with Crippen molar-refractivity contribution in [3.05, 3.63) is 93.3 Å². The number of rotatable bonds is 6. The standard InChI is InChI=1S/C22H19NO4S/c1-14-9-10-16(27-14)19-18(20(24)17-8-5-13-28-17)21(25)22(26)23(19)12-11-15-6-3-2-4-7-15/h2-10,13,19,25H,11-12H2,1H3. The molecule has 1 amide bonds. The number of aliphatic hydroxyl groups is 1. The Hall–Kier alpha value is -3.12. The van der Waals surface area contributed by atoms with Crippen LogP contribution in [0.15, 0.2) is 75.7 Å². The number of ketones is 1. The molecule has 5 nitrogen and oxygen atoms in total. The predicted octanol–water partition coefficient (Wildman–Crippen LogP) is 4.47. The van der Waals surface area contributed by atoms with Crippen molar-refractivity contribution in [3.63, 3.8) is 0 Å². The van der Waals surface area contributed by atoms with Gasteiger partial charge in [-0.15, -0.1) is 11.3 Å². The smallest absolute Gasteiger partial charge is 0.290 e. The number of aryl methyl sites for hydroxylation is 1. The molecule has 4 rings (SSSR count). The van der Waals surface area contributed by atoms with Crippen molar-refractivity contribution >= 4 is 23.0 Å². The van der Waals surface area contributed by atoms with Gasteiger partial charge < -0.3 is 14.4 Å². The van der Waals surface area contributed by atoms with Crippen molar-refractivity contribution in [2.75, 3.05) is 6.54 Å². The topological polar surface area (TPSA) is 70.8 Å². The molecule has 1 N–H and O–H groups in total. The van der Waals surface area contributed by atoms with Crippen LogP contribution < -0.4 is 0 Å². The van der Waals surface area contributed by atoms with Crippen molar-refractivity contribution in [2.24, 2.45) is 0 Å². The van der Waals surface area contributed by atoms with Crippen molar-refractivity contribution in [3.8, 4) is 0 Å². The van der Waals surface area contributed by atoms with Crippen molar-refractivity contribution in [1.82, 2.24) is 4.90 Å². The normalized spacial score (nSPS) is 16.8. The molecular weight excluding hydrogens is 374 g/mol. The molecule has 1 aromatic carbocycles. The quantitative estimate of drug-likeness (QED) is 0.627. The number of carbonyl (C=O) groups is 2. The van der Waals surface area contributed by atoms with Gasteiger partial charge in [0, 0.05) is 6.54 Å². The van der Waals surface area contributed by atoms with E-state index in [4.69, 9.17) is 4.42 Å². The zero-order valence-corrected chi connectivity index (χ0v) is 16.1. The zero-order valence-electron chi connectivity index (χ0n) is 15.3. The fourth-order valence-electron chi connectivity index (χ4n) is 3.45. The summed E-state index contributed by atoms with van der Waals surface area (Å²) in [4.78, 5) is 27.9. The molecule has 142 valence electrons. The molecule has 2 aromatic heterocycles. The van der Waals surface area contributed by atoms with Gasteiger partial charge in [-0.3, -0.25) is 9.59 Å². The second-order valence-electron chi connectivity index (χ2n) is 6.65. The maximum Gasteiger partial charge on any atom is 0.290 e. The minimum absolute atomic E-state index is 0.0786. The molecule has 0 bridgehead atoms. The maximum atomic E-state index is 13.0. The average molecular weight is 393 g/mol. The number of hydrogen-bond acceptors (Lipinski definition) is 5. The lowest BCUT2D eigenvalue weighted by Gasteiger charge is -2.24. The third-order valence-corrected chi connectivity index (χ3v) is 5.68. The number of benzene rings is 1. The molecule has 28 heavy (non-hydrogen) atoms. The Morgan fingerprint density at radius 1 is 1.14 bits per heavy atom. The summed E-state index contributed by atoms with van der Waals surface area (Å²) in [5.74, 6) is -0.231. The highest BCUT2D eigenvalue weighted by Gasteiger charge is 2.45. The van der Waals surface area contributed by atoms with Gasteiger partial charge >= 0.3 is 0 Å². The minimum atomic E-state index is -0.737. The van der Waals surface area contributed by atoms with Crippen LogP contribution in [0.4, 0.5) is 0 Å². The SMILES string of the molecule is Cc1ccc(C2C(C(=O)c3cccs3)=C(O)C(=O)N2CCc2ccccc2)o1. The van der Waals surface area contributed by atoms with Crippen LogP contribution in [-0.2, 0) is 11.2 Å². The molecule has 3 aromatic rings. The van der Waals surface area contributed by atoms with Gasteiger partial charge in [0.2, 0.25) is 5.78 Å². The molecule has 3 heterocycles. The van der Waals surface area contributed by atoms with E-state index in [0.717, 1.165) is 5.56 Å². The Labute approximate surface area is 166 Å². The lowest BCUT2D eigenvalue weighted by Crippen LogP contribution is -2.32. The number of furan rings is 1. The van der Waals surface area contributed by atoms with Crippen molar-refractivity contribution in [2.45, 2.75) is 19.4 Å². The van der Waals surface area contributed by atoms with Crippen LogP contribution in [0.25, 0.3) is 0 Å². The highest BCUT2D eigenvalue weighted by Crippen LogP contribution is 2.40. The van der Waals surface area contributed by atoms with Gasteiger partial charge in [-0.1, -0.05) is 36.4 Å². The maximum absolute atomic E-state index is 13.0. The first-order valence-electron chi connectivity index (χ1n) is 8.99. The number of nitrogens with zero attached hydrogens (tertiary/aromatic N) is 1. The summed E-state index contributed by atoms with van der Waals surface area (Å²) in [6.45, 7) is 2.16. The van der Waals surface area contributed by atoms with Crippen LogP contribution in [0.3, 0.4) is 0 Å². The predicted molar refractivity (Wildman–Crippen MR) is 106 cm³/mol. The summed E-state index contributed by atoms with van der Waals surface area (Å²) in [6, 6.07) is 16.0. The Morgan fingerprint density at radius 3 is 2.57 bits per heavy atom. The van der Waals surface area contributed by atoms with Crippen molar-refractivity contribution in [1.29, 1.82) is 0 Å². The van der Waals surface area contributed by atoms with E-state index in [0.29, 0.717) is 29.4 Å². The molecular formula is C22H19NO4S. The van der Waals surface area contributed by atoms with Crippen LogP contribution in [0.5, 0.6) is 0 Å². The first-order valence-corrected chi connectivity index (χ1v) is 9.87. The van der Waals surface area contributed by atoms with Crippen LogP contribution >= 0.6 is 11.3 Å². The van der Waals surface area contributed by atoms with Gasteiger partial charge in [0.15, 0.2) is 5.76 Å². The minimum Gasteiger partial charge on any atom is -0.503 e. The second kappa shape index (κ2) is 7.48. The molecule has 0 saturated carbocycles. The van der Waals surface area contributed by atoms with E-state index in [2.05, 4.69) is 0 Å². The Balaban J connectivity index is 1.70. The van der Waals surface area contributed by atoms with E-state index >= 15 is 0 Å². The third kappa shape index (κ3) is 3.27. The Bertz CT molecular complexity index is 1030. The Morgan fingerprint density at radius 2 is 1.93 bits per heavy atom. The molecule has 0 aliphatic carbocycles. The number of hydrogen-bond donors (Lipinski definition) is 1. The monoisotopic (exact) mass is 393 g/mol. The number of aliphatic hydroxyl groups excluding tert-OH is 1. The summed E-state index contributed by atoms with van der Waals surface area (Å²) in [6.07, 6.45) is 0.608. The molecule has 0 saturated heterocycles. The van der Waals surface area contributed by atoms with Gasteiger partial charge in [-0.2, -0.15) is 0 Å². The van der Waals surface area contributed by atoms with E-state index in [1.54, 1.807) is 36.6 Å². The van der Waals surface area contributed by atoms with E-state index in [-0.39, 0.29) is 11.4 Å². The first kappa shape index (κ1) is 18.3. The van der Waals surface area contributed by atoms with E-state index in [1.165, 1.54) is 16.2 Å². The van der Waals surface area contributed by atoms with Gasteiger partial charge in [-0.25, -0.2) is 0 Å². The fourth-order valence-corrected chi connectivity index (χ4v) is 4.13. The Kier molecular flexibility index (Phi) is 4.88. The fraction of sp³-hybridized carbons (Fsp3) is 0.182.